The van der Waals surface area contributed by atoms with Crippen molar-refractivity contribution in [1.82, 2.24) is 9.38 Å². The van der Waals surface area contributed by atoms with E-state index >= 15 is 0 Å². The minimum absolute atomic E-state index is 0.331. The van der Waals surface area contributed by atoms with Gasteiger partial charge in [0.25, 0.3) is 0 Å². The number of nitrogens with zero attached hydrogens (tertiary/aromatic N) is 2. The van der Waals surface area contributed by atoms with E-state index in [-0.39, 0.29) is 0 Å². The molecular formula is C13H9BrN2O2S. The van der Waals surface area contributed by atoms with Crippen LogP contribution < -0.4 is 4.74 Å². The van der Waals surface area contributed by atoms with Gasteiger partial charge in [0.15, 0.2) is 11.2 Å². The first-order valence-corrected chi connectivity index (χ1v) is 7.23. The van der Waals surface area contributed by atoms with E-state index in [1.54, 1.807) is 23.5 Å². The van der Waals surface area contributed by atoms with Crippen LogP contribution in [0, 0.1) is 0 Å². The standard InChI is InChI=1S/C13H9BrN2O2S/c14-11-3-1-2-9(7-17)12(11)18-8-10-6-16-4-5-19-13(16)15-10/h1-7H,8H2. The summed E-state index contributed by atoms with van der Waals surface area (Å²) < 4.78 is 8.41. The summed E-state index contributed by atoms with van der Waals surface area (Å²) in [7, 11) is 0. The van der Waals surface area contributed by atoms with Gasteiger partial charge in [-0.1, -0.05) is 6.07 Å². The lowest BCUT2D eigenvalue weighted by Crippen LogP contribution is -1.99. The van der Waals surface area contributed by atoms with E-state index in [2.05, 4.69) is 20.9 Å². The molecule has 0 radical (unpaired) electrons. The molecule has 0 fully saturated rings. The Morgan fingerprint density at radius 3 is 3.16 bits per heavy atom. The van der Waals surface area contributed by atoms with Crippen LogP contribution in [-0.4, -0.2) is 15.7 Å². The third-order valence-corrected chi connectivity index (χ3v) is 4.03. The highest BCUT2D eigenvalue weighted by Crippen LogP contribution is 2.28. The van der Waals surface area contributed by atoms with Crippen molar-refractivity contribution in [2.45, 2.75) is 6.61 Å². The lowest BCUT2D eigenvalue weighted by Gasteiger charge is -2.08. The van der Waals surface area contributed by atoms with Gasteiger partial charge in [-0.25, -0.2) is 4.98 Å². The van der Waals surface area contributed by atoms with E-state index in [4.69, 9.17) is 4.74 Å². The summed E-state index contributed by atoms with van der Waals surface area (Å²) in [6, 6.07) is 5.36. The van der Waals surface area contributed by atoms with Crippen LogP contribution in [0.5, 0.6) is 5.75 Å². The van der Waals surface area contributed by atoms with Gasteiger partial charge in [0.1, 0.15) is 12.4 Å². The Morgan fingerprint density at radius 1 is 1.47 bits per heavy atom. The number of thiazole rings is 1. The van der Waals surface area contributed by atoms with Crippen LogP contribution >= 0.6 is 27.3 Å². The Morgan fingerprint density at radius 2 is 2.37 bits per heavy atom. The number of aldehydes is 1. The number of fused-ring (bicyclic) bond motifs is 1. The molecule has 3 aromatic rings. The summed E-state index contributed by atoms with van der Waals surface area (Å²) in [5, 5.41) is 1.98. The van der Waals surface area contributed by atoms with Crippen LogP contribution in [0.2, 0.25) is 0 Å². The monoisotopic (exact) mass is 336 g/mol. The Labute approximate surface area is 121 Å². The zero-order chi connectivity index (χ0) is 13.2. The number of aromatic nitrogens is 2. The lowest BCUT2D eigenvalue weighted by molar-refractivity contribution is 0.111. The Kier molecular flexibility index (Phi) is 3.35. The van der Waals surface area contributed by atoms with Gasteiger partial charge in [0, 0.05) is 17.8 Å². The Bertz CT molecular complexity index is 707. The van der Waals surface area contributed by atoms with Gasteiger partial charge in [0.2, 0.25) is 0 Å². The molecule has 3 rings (SSSR count). The third kappa shape index (κ3) is 2.41. The smallest absolute Gasteiger partial charge is 0.193 e. The molecule has 0 aliphatic rings. The normalized spacial score (nSPS) is 10.8. The minimum Gasteiger partial charge on any atom is -0.485 e. The molecule has 0 saturated heterocycles. The number of para-hydroxylation sites is 1. The highest BCUT2D eigenvalue weighted by molar-refractivity contribution is 9.10. The second kappa shape index (κ2) is 5.14. The number of hydrogen-bond donors (Lipinski definition) is 0. The fraction of sp³-hybridized carbons (Fsp3) is 0.0769. The zero-order valence-electron chi connectivity index (χ0n) is 9.75. The number of benzene rings is 1. The quantitative estimate of drug-likeness (QED) is 0.684. The zero-order valence-corrected chi connectivity index (χ0v) is 12.1. The first-order valence-electron chi connectivity index (χ1n) is 5.55. The molecule has 6 heteroatoms. The third-order valence-electron chi connectivity index (χ3n) is 2.63. The van der Waals surface area contributed by atoms with E-state index in [0.29, 0.717) is 17.9 Å². The maximum atomic E-state index is 11.0. The molecule has 0 saturated carbocycles. The number of carbonyl (C=O) groups is 1. The van der Waals surface area contributed by atoms with Crippen LogP contribution in [0.1, 0.15) is 16.1 Å². The molecule has 0 unspecified atom stereocenters. The van der Waals surface area contributed by atoms with Crippen molar-refractivity contribution in [2.24, 2.45) is 0 Å². The van der Waals surface area contributed by atoms with Gasteiger partial charge in [-0.05, 0) is 28.1 Å². The molecule has 0 bridgehead atoms. The molecule has 0 atom stereocenters. The molecule has 0 aliphatic carbocycles. The summed E-state index contributed by atoms with van der Waals surface area (Å²) in [6.07, 6.45) is 4.65. The van der Waals surface area contributed by atoms with Gasteiger partial charge < -0.3 is 4.74 Å². The first-order chi connectivity index (χ1) is 9.28. The summed E-state index contributed by atoms with van der Waals surface area (Å²) >= 11 is 4.95. The number of carbonyl (C=O) groups excluding carboxylic acids is 1. The van der Waals surface area contributed by atoms with Crippen molar-refractivity contribution >= 4 is 38.5 Å². The van der Waals surface area contributed by atoms with Crippen molar-refractivity contribution in [3.8, 4) is 5.75 Å². The van der Waals surface area contributed by atoms with Gasteiger partial charge in [-0.2, -0.15) is 0 Å². The first kappa shape index (κ1) is 12.4. The largest absolute Gasteiger partial charge is 0.485 e. The van der Waals surface area contributed by atoms with Crippen LogP contribution in [0.15, 0.2) is 40.4 Å². The number of imidazole rings is 1. The fourth-order valence-electron chi connectivity index (χ4n) is 1.76. The number of rotatable bonds is 4. The van der Waals surface area contributed by atoms with Gasteiger partial charge in [0.05, 0.1) is 15.7 Å². The molecular weight excluding hydrogens is 328 g/mol. The van der Waals surface area contributed by atoms with Gasteiger partial charge >= 0.3 is 0 Å². The van der Waals surface area contributed by atoms with E-state index in [0.717, 1.165) is 21.4 Å². The highest BCUT2D eigenvalue weighted by atomic mass is 79.9. The molecule has 0 N–H and O–H groups in total. The van der Waals surface area contributed by atoms with Gasteiger partial charge in [-0.3, -0.25) is 9.20 Å². The number of halogens is 1. The highest BCUT2D eigenvalue weighted by Gasteiger charge is 2.09. The van der Waals surface area contributed by atoms with Crippen molar-refractivity contribution in [3.63, 3.8) is 0 Å². The summed E-state index contributed by atoms with van der Waals surface area (Å²) in [4.78, 5) is 16.3. The summed E-state index contributed by atoms with van der Waals surface area (Å²) in [5.41, 5.74) is 1.36. The van der Waals surface area contributed by atoms with Crippen molar-refractivity contribution in [1.29, 1.82) is 0 Å². The maximum absolute atomic E-state index is 11.0. The predicted molar refractivity (Wildman–Crippen MR) is 76.9 cm³/mol. The lowest BCUT2D eigenvalue weighted by atomic mass is 10.2. The molecule has 2 heterocycles. The fourth-order valence-corrected chi connectivity index (χ4v) is 2.98. The average molecular weight is 337 g/mol. The van der Waals surface area contributed by atoms with Crippen molar-refractivity contribution in [3.05, 3.63) is 51.7 Å². The second-order valence-electron chi connectivity index (χ2n) is 3.89. The molecule has 0 amide bonds. The minimum atomic E-state index is 0.331. The topological polar surface area (TPSA) is 43.6 Å². The molecule has 2 aromatic heterocycles. The number of hydrogen-bond acceptors (Lipinski definition) is 4. The summed E-state index contributed by atoms with van der Waals surface area (Å²) in [5.74, 6) is 0.550. The van der Waals surface area contributed by atoms with Crippen molar-refractivity contribution < 1.29 is 9.53 Å². The molecule has 19 heavy (non-hydrogen) atoms. The molecule has 1 aromatic carbocycles. The molecule has 4 nitrogen and oxygen atoms in total. The summed E-state index contributed by atoms with van der Waals surface area (Å²) in [6.45, 7) is 0.331. The Hall–Kier alpha value is -1.66. The Balaban J connectivity index is 1.82. The molecule has 0 aliphatic heterocycles. The molecule has 0 spiro atoms. The van der Waals surface area contributed by atoms with Crippen molar-refractivity contribution in [2.75, 3.05) is 0 Å². The van der Waals surface area contributed by atoms with E-state index in [1.807, 2.05) is 28.2 Å². The van der Waals surface area contributed by atoms with Crippen LogP contribution in [0.25, 0.3) is 4.96 Å². The van der Waals surface area contributed by atoms with Crippen LogP contribution in [-0.2, 0) is 6.61 Å². The maximum Gasteiger partial charge on any atom is 0.193 e. The predicted octanol–water partition coefficient (Wildman–Crippen LogP) is 3.55. The SMILES string of the molecule is O=Cc1cccc(Br)c1OCc1cn2ccsc2n1. The van der Waals surface area contributed by atoms with E-state index < -0.39 is 0 Å². The van der Waals surface area contributed by atoms with Gasteiger partial charge in [-0.15, -0.1) is 11.3 Å². The number of ether oxygens (including phenoxy) is 1. The van der Waals surface area contributed by atoms with Crippen LogP contribution in [0.4, 0.5) is 0 Å². The van der Waals surface area contributed by atoms with Crippen LogP contribution in [0.3, 0.4) is 0 Å². The van der Waals surface area contributed by atoms with E-state index in [1.165, 1.54) is 0 Å². The van der Waals surface area contributed by atoms with E-state index in [9.17, 15) is 4.79 Å². The average Bonchev–Trinajstić information content (AvgIpc) is 2.97. The molecule has 96 valence electrons. The second-order valence-corrected chi connectivity index (χ2v) is 5.62.